The first-order chi connectivity index (χ1) is 8.73. The molecular weight excluding hydrogens is 258 g/mol. The van der Waals surface area contributed by atoms with Gasteiger partial charge in [-0.05, 0) is 12.3 Å². The first-order valence-corrected chi connectivity index (χ1v) is 5.17. The van der Waals surface area contributed by atoms with Crippen molar-refractivity contribution < 1.29 is 14.8 Å². The molecule has 0 N–H and O–H groups in total. The minimum atomic E-state index is -0.905. The number of non-ortho nitro benzene ring substituents is 1. The third-order valence-electron chi connectivity index (χ3n) is 2.34. The van der Waals surface area contributed by atoms with E-state index in [4.69, 9.17) is 0 Å². The molecule has 0 fully saturated rings. The molecule has 0 heterocycles. The topological polar surface area (TPSA) is 129 Å². The molecule has 19 heavy (non-hydrogen) atoms. The Balaban J connectivity index is 3.60. The molecule has 0 amide bonds. The highest BCUT2D eigenvalue weighted by Crippen LogP contribution is 2.35. The molecule has 0 aliphatic heterocycles. The number of nitrogens with zero attached hydrogens (tertiary/aromatic N) is 3. The SMILES string of the molecule is [CH2]C(C)Cc1c([N+](=O)[O-])cc([N+](=O)[O-])cc1[N+](=O)[O-]. The van der Waals surface area contributed by atoms with E-state index in [9.17, 15) is 30.3 Å². The maximum atomic E-state index is 10.9. The van der Waals surface area contributed by atoms with Crippen molar-refractivity contribution in [2.75, 3.05) is 0 Å². The van der Waals surface area contributed by atoms with E-state index in [1.54, 1.807) is 6.92 Å². The molecule has 9 heteroatoms. The molecule has 1 unspecified atom stereocenters. The minimum Gasteiger partial charge on any atom is -0.258 e. The zero-order valence-electron chi connectivity index (χ0n) is 9.94. The van der Waals surface area contributed by atoms with Crippen LogP contribution in [0.2, 0.25) is 0 Å². The van der Waals surface area contributed by atoms with Gasteiger partial charge < -0.3 is 0 Å². The molecule has 0 saturated heterocycles. The Morgan fingerprint density at radius 3 is 1.74 bits per heavy atom. The first-order valence-electron chi connectivity index (χ1n) is 5.17. The first kappa shape index (κ1) is 14.5. The average Bonchev–Trinajstić information content (AvgIpc) is 2.27. The Bertz CT molecular complexity index is 519. The summed E-state index contributed by atoms with van der Waals surface area (Å²) in [4.78, 5) is 29.8. The average molecular weight is 268 g/mol. The fourth-order valence-corrected chi connectivity index (χ4v) is 1.62. The molecular formula is C10H10N3O6. The van der Waals surface area contributed by atoms with Crippen molar-refractivity contribution in [2.45, 2.75) is 13.3 Å². The Hall–Kier alpha value is -2.58. The van der Waals surface area contributed by atoms with Gasteiger partial charge in [0, 0.05) is 0 Å². The lowest BCUT2D eigenvalue weighted by Crippen LogP contribution is -2.06. The van der Waals surface area contributed by atoms with Gasteiger partial charge in [-0.1, -0.05) is 13.8 Å². The van der Waals surface area contributed by atoms with Crippen LogP contribution >= 0.6 is 0 Å². The van der Waals surface area contributed by atoms with Gasteiger partial charge in [0.25, 0.3) is 17.1 Å². The maximum absolute atomic E-state index is 10.9. The summed E-state index contributed by atoms with van der Waals surface area (Å²) < 4.78 is 0. The van der Waals surface area contributed by atoms with Gasteiger partial charge in [0.05, 0.1) is 26.9 Å². The molecule has 1 aromatic rings. The van der Waals surface area contributed by atoms with E-state index in [0.29, 0.717) is 0 Å². The normalized spacial score (nSPS) is 10.5. The van der Waals surface area contributed by atoms with Crippen molar-refractivity contribution >= 4 is 17.1 Å². The number of rotatable bonds is 5. The van der Waals surface area contributed by atoms with E-state index >= 15 is 0 Å². The lowest BCUT2D eigenvalue weighted by molar-refractivity contribution is -0.404. The summed E-state index contributed by atoms with van der Waals surface area (Å²) in [5, 5.41) is 32.4. The van der Waals surface area contributed by atoms with Gasteiger partial charge in [0.2, 0.25) is 0 Å². The van der Waals surface area contributed by atoms with Gasteiger partial charge in [-0.2, -0.15) is 0 Å². The fourth-order valence-electron chi connectivity index (χ4n) is 1.62. The summed E-state index contributed by atoms with van der Waals surface area (Å²) in [5.74, 6) is -0.307. The van der Waals surface area contributed by atoms with Crippen LogP contribution in [0, 0.1) is 43.2 Å². The van der Waals surface area contributed by atoms with Crippen LogP contribution in [0.5, 0.6) is 0 Å². The minimum absolute atomic E-state index is 0.00930. The van der Waals surface area contributed by atoms with Crippen molar-refractivity contribution in [2.24, 2.45) is 5.92 Å². The summed E-state index contributed by atoms with van der Waals surface area (Å²) in [6.07, 6.45) is -0.00930. The molecule has 0 aromatic heterocycles. The van der Waals surface area contributed by atoms with E-state index in [1.165, 1.54) is 0 Å². The Morgan fingerprint density at radius 1 is 1.05 bits per heavy atom. The summed E-state index contributed by atoms with van der Waals surface area (Å²) >= 11 is 0. The van der Waals surface area contributed by atoms with Crippen molar-refractivity contribution in [3.8, 4) is 0 Å². The standard InChI is InChI=1S/C10H10N3O6/c1-6(2)3-8-9(12(16)17)4-7(11(14)15)5-10(8)13(18)19/h4-6H,1,3H2,2H3. The Morgan fingerprint density at radius 2 is 1.47 bits per heavy atom. The molecule has 0 bridgehead atoms. The monoisotopic (exact) mass is 268 g/mol. The molecule has 0 aliphatic carbocycles. The Labute approximate surface area is 107 Å². The molecule has 0 saturated carbocycles. The molecule has 1 atom stereocenters. The van der Waals surface area contributed by atoms with Gasteiger partial charge >= 0.3 is 0 Å². The van der Waals surface area contributed by atoms with Crippen LogP contribution in [0.3, 0.4) is 0 Å². The van der Waals surface area contributed by atoms with E-state index in [2.05, 4.69) is 6.92 Å². The number of hydrogen-bond acceptors (Lipinski definition) is 6. The van der Waals surface area contributed by atoms with Crippen molar-refractivity contribution in [1.82, 2.24) is 0 Å². The second-order valence-electron chi connectivity index (χ2n) is 4.04. The molecule has 9 nitrogen and oxygen atoms in total. The number of nitro benzene ring substituents is 3. The molecule has 0 spiro atoms. The third kappa shape index (κ3) is 3.21. The molecule has 1 radical (unpaired) electrons. The van der Waals surface area contributed by atoms with Crippen LogP contribution in [0.25, 0.3) is 0 Å². The highest BCUT2D eigenvalue weighted by atomic mass is 16.6. The lowest BCUT2D eigenvalue weighted by atomic mass is 9.99. The van der Waals surface area contributed by atoms with Gasteiger partial charge in [-0.3, -0.25) is 30.3 Å². The highest BCUT2D eigenvalue weighted by molar-refractivity contribution is 5.60. The number of benzene rings is 1. The van der Waals surface area contributed by atoms with Crippen LogP contribution < -0.4 is 0 Å². The van der Waals surface area contributed by atoms with E-state index in [1.807, 2.05) is 0 Å². The van der Waals surface area contributed by atoms with Gasteiger partial charge in [0.1, 0.15) is 5.56 Å². The lowest BCUT2D eigenvalue weighted by Gasteiger charge is -2.06. The van der Waals surface area contributed by atoms with Gasteiger partial charge in [-0.15, -0.1) is 0 Å². The Kier molecular flexibility index (Phi) is 4.10. The summed E-state index contributed by atoms with van der Waals surface area (Å²) in [7, 11) is 0. The smallest absolute Gasteiger partial charge is 0.258 e. The van der Waals surface area contributed by atoms with Crippen LogP contribution in [0.1, 0.15) is 12.5 Å². The van der Waals surface area contributed by atoms with Crippen LogP contribution in [-0.2, 0) is 6.42 Å². The second-order valence-corrected chi connectivity index (χ2v) is 4.04. The van der Waals surface area contributed by atoms with Crippen LogP contribution in [0.15, 0.2) is 12.1 Å². The zero-order chi connectivity index (χ0) is 14.7. The predicted molar refractivity (Wildman–Crippen MR) is 64.6 cm³/mol. The van der Waals surface area contributed by atoms with E-state index in [0.717, 1.165) is 12.1 Å². The predicted octanol–water partition coefficient (Wildman–Crippen LogP) is 2.42. The van der Waals surface area contributed by atoms with Gasteiger partial charge in [-0.25, -0.2) is 0 Å². The number of hydrogen-bond donors (Lipinski definition) is 0. The van der Waals surface area contributed by atoms with Gasteiger partial charge in [0.15, 0.2) is 0 Å². The maximum Gasteiger partial charge on any atom is 0.286 e. The summed E-state index contributed by atoms with van der Waals surface area (Å²) in [5.41, 5.74) is -2.09. The third-order valence-corrected chi connectivity index (χ3v) is 2.34. The van der Waals surface area contributed by atoms with E-state index < -0.39 is 31.8 Å². The summed E-state index contributed by atoms with van der Waals surface area (Å²) in [6.45, 7) is 5.25. The number of nitro groups is 3. The van der Waals surface area contributed by atoms with Crippen LogP contribution in [-0.4, -0.2) is 14.8 Å². The van der Waals surface area contributed by atoms with E-state index in [-0.39, 0.29) is 17.9 Å². The van der Waals surface area contributed by atoms with Crippen molar-refractivity contribution in [3.63, 3.8) is 0 Å². The zero-order valence-corrected chi connectivity index (χ0v) is 9.94. The van der Waals surface area contributed by atoms with Crippen LogP contribution in [0.4, 0.5) is 17.1 Å². The molecule has 1 rings (SSSR count). The molecule has 1 aromatic carbocycles. The molecule has 0 aliphatic rings. The summed E-state index contributed by atoms with van der Waals surface area (Å²) in [6, 6.07) is 1.45. The second kappa shape index (κ2) is 5.38. The molecule has 101 valence electrons. The van der Waals surface area contributed by atoms with Crippen molar-refractivity contribution in [3.05, 3.63) is 55.0 Å². The quantitative estimate of drug-likeness (QED) is 0.595. The highest BCUT2D eigenvalue weighted by Gasteiger charge is 2.30. The fraction of sp³-hybridized carbons (Fsp3) is 0.300. The van der Waals surface area contributed by atoms with Crippen molar-refractivity contribution in [1.29, 1.82) is 0 Å². The largest absolute Gasteiger partial charge is 0.286 e.